The number of anilines is 1. The Balaban J connectivity index is 2.23. The molecular formula is C14H20N4O3. The van der Waals surface area contributed by atoms with Gasteiger partial charge in [-0.15, -0.1) is 0 Å². The van der Waals surface area contributed by atoms with Crippen LogP contribution in [0.15, 0.2) is 18.2 Å². The number of piperidine rings is 1. The first-order chi connectivity index (χ1) is 9.91. The summed E-state index contributed by atoms with van der Waals surface area (Å²) in [5, 5.41) is 10.9. The van der Waals surface area contributed by atoms with Crippen LogP contribution in [0.2, 0.25) is 0 Å². The van der Waals surface area contributed by atoms with Crippen LogP contribution in [-0.2, 0) is 0 Å². The van der Waals surface area contributed by atoms with E-state index in [0.29, 0.717) is 0 Å². The number of nitro benzene ring substituents is 1. The molecule has 7 heteroatoms. The van der Waals surface area contributed by atoms with E-state index >= 15 is 0 Å². The molecule has 1 unspecified atom stereocenters. The van der Waals surface area contributed by atoms with Gasteiger partial charge in [0.2, 0.25) is 0 Å². The standard InChI is InChI=1S/C14H20N4O3/c1-16-8-4-5-10(9-16)17(2)14(19)11-6-3-7-12(13(11)15)18(20)21/h3,6-7,10H,4-5,8-9,15H2,1-2H3. The molecular weight excluding hydrogens is 272 g/mol. The van der Waals surface area contributed by atoms with E-state index in [4.69, 9.17) is 5.73 Å². The van der Waals surface area contributed by atoms with Crippen LogP contribution in [0.25, 0.3) is 0 Å². The molecule has 1 saturated heterocycles. The SMILES string of the molecule is CN1CCCC(N(C)C(=O)c2cccc([N+](=O)[O-])c2N)C1. The Kier molecular flexibility index (Phi) is 4.42. The molecule has 1 atom stereocenters. The van der Waals surface area contributed by atoms with Gasteiger partial charge in [-0.05, 0) is 32.5 Å². The molecule has 1 amide bonds. The van der Waals surface area contributed by atoms with Gasteiger partial charge in [-0.3, -0.25) is 14.9 Å². The minimum absolute atomic E-state index is 0.0662. The molecule has 1 heterocycles. The number of nitro groups is 1. The molecule has 1 aliphatic rings. The molecule has 2 rings (SSSR count). The third-order valence-electron chi connectivity index (χ3n) is 3.98. The van der Waals surface area contributed by atoms with Gasteiger partial charge in [0.05, 0.1) is 10.5 Å². The fourth-order valence-electron chi connectivity index (χ4n) is 2.71. The summed E-state index contributed by atoms with van der Waals surface area (Å²) >= 11 is 0. The first kappa shape index (κ1) is 15.2. The number of carbonyl (C=O) groups is 1. The van der Waals surface area contributed by atoms with Crippen LogP contribution >= 0.6 is 0 Å². The number of nitrogens with zero attached hydrogens (tertiary/aromatic N) is 3. The Morgan fingerprint density at radius 1 is 1.52 bits per heavy atom. The molecule has 0 aromatic heterocycles. The molecule has 0 saturated carbocycles. The lowest BCUT2D eigenvalue weighted by Gasteiger charge is -2.36. The van der Waals surface area contributed by atoms with Crippen LogP contribution in [-0.4, -0.2) is 53.9 Å². The average molecular weight is 292 g/mol. The molecule has 0 bridgehead atoms. The zero-order chi connectivity index (χ0) is 15.6. The fourth-order valence-corrected chi connectivity index (χ4v) is 2.71. The van der Waals surface area contributed by atoms with Gasteiger partial charge >= 0.3 is 0 Å². The summed E-state index contributed by atoms with van der Waals surface area (Å²) in [6.45, 7) is 1.83. The first-order valence-electron chi connectivity index (χ1n) is 6.90. The summed E-state index contributed by atoms with van der Waals surface area (Å²) in [5.41, 5.74) is 5.68. The van der Waals surface area contributed by atoms with Crippen LogP contribution in [0.1, 0.15) is 23.2 Å². The monoisotopic (exact) mass is 292 g/mol. The number of likely N-dealkylation sites (N-methyl/N-ethyl adjacent to an activating group) is 2. The van der Waals surface area contributed by atoms with E-state index in [-0.39, 0.29) is 28.9 Å². The van der Waals surface area contributed by atoms with Gasteiger partial charge < -0.3 is 15.5 Å². The van der Waals surface area contributed by atoms with E-state index in [2.05, 4.69) is 4.90 Å². The van der Waals surface area contributed by atoms with Gasteiger partial charge in [0.15, 0.2) is 0 Å². The van der Waals surface area contributed by atoms with Crippen molar-refractivity contribution in [1.29, 1.82) is 0 Å². The number of benzene rings is 1. The van der Waals surface area contributed by atoms with E-state index in [1.165, 1.54) is 18.2 Å². The Labute approximate surface area is 123 Å². The summed E-state index contributed by atoms with van der Waals surface area (Å²) in [4.78, 5) is 26.7. The fraction of sp³-hybridized carbons (Fsp3) is 0.500. The molecule has 1 aliphatic heterocycles. The second-order valence-electron chi connectivity index (χ2n) is 5.47. The highest BCUT2D eigenvalue weighted by Gasteiger charge is 2.28. The zero-order valence-electron chi connectivity index (χ0n) is 12.3. The maximum Gasteiger partial charge on any atom is 0.292 e. The van der Waals surface area contributed by atoms with Crippen molar-refractivity contribution < 1.29 is 9.72 Å². The van der Waals surface area contributed by atoms with Crippen molar-refractivity contribution in [2.45, 2.75) is 18.9 Å². The highest BCUT2D eigenvalue weighted by atomic mass is 16.6. The van der Waals surface area contributed by atoms with Crippen LogP contribution in [0.3, 0.4) is 0 Å². The second-order valence-corrected chi connectivity index (χ2v) is 5.47. The highest BCUT2D eigenvalue weighted by molar-refractivity contribution is 6.01. The van der Waals surface area contributed by atoms with Crippen LogP contribution in [0.4, 0.5) is 11.4 Å². The predicted molar refractivity (Wildman–Crippen MR) is 80.1 cm³/mol. The number of para-hydroxylation sites is 1. The Hall–Kier alpha value is -2.15. The summed E-state index contributed by atoms with van der Waals surface area (Å²) < 4.78 is 0. The zero-order valence-corrected chi connectivity index (χ0v) is 12.3. The van der Waals surface area contributed by atoms with E-state index in [0.717, 1.165) is 25.9 Å². The summed E-state index contributed by atoms with van der Waals surface area (Å²) in [6.07, 6.45) is 1.96. The summed E-state index contributed by atoms with van der Waals surface area (Å²) in [7, 11) is 3.75. The lowest BCUT2D eigenvalue weighted by atomic mass is 10.0. The molecule has 0 spiro atoms. The lowest BCUT2D eigenvalue weighted by molar-refractivity contribution is -0.383. The third-order valence-corrected chi connectivity index (χ3v) is 3.98. The molecule has 1 aromatic carbocycles. The van der Waals surface area contributed by atoms with E-state index < -0.39 is 4.92 Å². The van der Waals surface area contributed by atoms with Crippen molar-refractivity contribution >= 4 is 17.3 Å². The Morgan fingerprint density at radius 3 is 2.86 bits per heavy atom. The topological polar surface area (TPSA) is 92.7 Å². The van der Waals surface area contributed by atoms with Gasteiger partial charge in [-0.25, -0.2) is 0 Å². The molecule has 0 radical (unpaired) electrons. The Bertz CT molecular complexity index is 561. The van der Waals surface area contributed by atoms with E-state index in [1.807, 2.05) is 7.05 Å². The molecule has 1 fully saturated rings. The smallest absolute Gasteiger partial charge is 0.292 e. The van der Waals surface area contributed by atoms with Gasteiger partial charge in [0.25, 0.3) is 11.6 Å². The largest absolute Gasteiger partial charge is 0.393 e. The molecule has 7 nitrogen and oxygen atoms in total. The van der Waals surface area contributed by atoms with Gasteiger partial charge in [-0.2, -0.15) is 0 Å². The van der Waals surface area contributed by atoms with Crippen molar-refractivity contribution in [1.82, 2.24) is 9.80 Å². The highest BCUT2D eigenvalue weighted by Crippen LogP contribution is 2.26. The van der Waals surface area contributed by atoms with Gasteiger partial charge in [0.1, 0.15) is 5.69 Å². The summed E-state index contributed by atoms with van der Waals surface area (Å²) in [5.74, 6) is -0.267. The number of carbonyl (C=O) groups excluding carboxylic acids is 1. The van der Waals surface area contributed by atoms with Crippen molar-refractivity contribution in [3.05, 3.63) is 33.9 Å². The van der Waals surface area contributed by atoms with Crippen molar-refractivity contribution in [2.75, 3.05) is 32.9 Å². The minimum atomic E-state index is -0.569. The third kappa shape index (κ3) is 3.13. The van der Waals surface area contributed by atoms with Gasteiger partial charge in [-0.1, -0.05) is 6.07 Å². The summed E-state index contributed by atoms with van der Waals surface area (Å²) in [6, 6.07) is 4.44. The number of amides is 1. The normalized spacial score (nSPS) is 19.2. The molecule has 114 valence electrons. The average Bonchev–Trinajstić information content (AvgIpc) is 2.45. The van der Waals surface area contributed by atoms with Crippen LogP contribution in [0, 0.1) is 10.1 Å². The van der Waals surface area contributed by atoms with Crippen LogP contribution < -0.4 is 5.73 Å². The lowest BCUT2D eigenvalue weighted by Crippen LogP contribution is -2.47. The number of hydrogen-bond donors (Lipinski definition) is 1. The molecule has 0 aliphatic carbocycles. The van der Waals surface area contributed by atoms with E-state index in [9.17, 15) is 14.9 Å². The maximum atomic E-state index is 12.6. The molecule has 2 N–H and O–H groups in total. The van der Waals surface area contributed by atoms with Crippen molar-refractivity contribution in [3.8, 4) is 0 Å². The Morgan fingerprint density at radius 2 is 2.24 bits per heavy atom. The second kappa shape index (κ2) is 6.09. The molecule has 1 aromatic rings. The minimum Gasteiger partial charge on any atom is -0.393 e. The number of likely N-dealkylation sites (tertiary alicyclic amines) is 1. The number of rotatable bonds is 3. The van der Waals surface area contributed by atoms with Gasteiger partial charge in [0, 0.05) is 25.7 Å². The number of nitrogen functional groups attached to an aromatic ring is 1. The van der Waals surface area contributed by atoms with E-state index in [1.54, 1.807) is 11.9 Å². The quantitative estimate of drug-likeness (QED) is 0.515. The van der Waals surface area contributed by atoms with Crippen molar-refractivity contribution in [2.24, 2.45) is 0 Å². The van der Waals surface area contributed by atoms with Crippen molar-refractivity contribution in [3.63, 3.8) is 0 Å². The first-order valence-corrected chi connectivity index (χ1v) is 6.90. The number of hydrogen-bond acceptors (Lipinski definition) is 5. The molecule has 21 heavy (non-hydrogen) atoms. The maximum absolute atomic E-state index is 12.6. The number of nitrogens with two attached hydrogens (primary N) is 1. The predicted octanol–water partition coefficient (Wildman–Crippen LogP) is 1.34. The van der Waals surface area contributed by atoms with Crippen LogP contribution in [0.5, 0.6) is 0 Å².